The molecule has 1 unspecified atom stereocenters. The van der Waals surface area contributed by atoms with Crippen LogP contribution in [0.25, 0.3) is 0 Å². The quantitative estimate of drug-likeness (QED) is 0.779. The molecule has 0 bridgehead atoms. The van der Waals surface area contributed by atoms with Crippen LogP contribution in [0.3, 0.4) is 0 Å². The Morgan fingerprint density at radius 2 is 2.28 bits per heavy atom. The van der Waals surface area contributed by atoms with Crippen molar-refractivity contribution in [2.45, 2.75) is 37.8 Å². The summed E-state index contributed by atoms with van der Waals surface area (Å²) in [5, 5.41) is 11.3. The first-order chi connectivity index (χ1) is 8.74. The van der Waals surface area contributed by atoms with Crippen LogP contribution >= 0.6 is 0 Å². The van der Waals surface area contributed by atoms with Crippen LogP contribution in [0.5, 0.6) is 0 Å². The minimum atomic E-state index is 0.0528. The molecule has 2 aliphatic rings. The largest absolute Gasteiger partial charge is 0.341 e. The van der Waals surface area contributed by atoms with Crippen LogP contribution in [0.15, 0.2) is 6.33 Å². The summed E-state index contributed by atoms with van der Waals surface area (Å²) in [6.45, 7) is 1.61. The predicted molar refractivity (Wildman–Crippen MR) is 65.8 cm³/mol. The molecule has 1 saturated carbocycles. The summed E-state index contributed by atoms with van der Waals surface area (Å²) in [5.74, 6) is 1.19. The van der Waals surface area contributed by atoms with Gasteiger partial charge in [-0.25, -0.2) is 0 Å². The van der Waals surface area contributed by atoms with Gasteiger partial charge in [-0.15, -0.1) is 10.2 Å². The first kappa shape index (κ1) is 11.6. The van der Waals surface area contributed by atoms with Gasteiger partial charge in [0.15, 0.2) is 0 Å². The maximum Gasteiger partial charge on any atom is 0.239 e. The monoisotopic (exact) mass is 249 g/mol. The van der Waals surface area contributed by atoms with E-state index in [2.05, 4.69) is 15.5 Å². The molecule has 18 heavy (non-hydrogen) atoms. The molecular formula is C12H19N5O. The molecule has 1 saturated heterocycles. The van der Waals surface area contributed by atoms with E-state index in [1.54, 1.807) is 6.33 Å². The molecule has 3 rings (SSSR count). The van der Waals surface area contributed by atoms with Crippen molar-refractivity contribution in [1.82, 2.24) is 25.0 Å². The third-order valence-electron chi connectivity index (χ3n) is 3.72. The van der Waals surface area contributed by atoms with Gasteiger partial charge in [0.25, 0.3) is 0 Å². The topological polar surface area (TPSA) is 63.1 Å². The molecule has 6 nitrogen and oxygen atoms in total. The van der Waals surface area contributed by atoms with Crippen LogP contribution in [-0.4, -0.2) is 50.7 Å². The third-order valence-corrected chi connectivity index (χ3v) is 3.72. The fourth-order valence-electron chi connectivity index (χ4n) is 2.42. The van der Waals surface area contributed by atoms with Gasteiger partial charge in [-0.3, -0.25) is 4.79 Å². The lowest BCUT2D eigenvalue weighted by Crippen LogP contribution is -2.40. The fourth-order valence-corrected chi connectivity index (χ4v) is 2.42. The lowest BCUT2D eigenvalue weighted by molar-refractivity contribution is -0.129. The molecule has 1 aliphatic carbocycles. The Hall–Kier alpha value is -1.43. The molecule has 1 amide bonds. The highest BCUT2D eigenvalue weighted by atomic mass is 16.2. The summed E-state index contributed by atoms with van der Waals surface area (Å²) in [6.07, 6.45) is 5.86. The molecule has 1 aromatic heterocycles. The third kappa shape index (κ3) is 2.38. The number of aromatic nitrogens is 3. The van der Waals surface area contributed by atoms with Gasteiger partial charge in [-0.2, -0.15) is 0 Å². The van der Waals surface area contributed by atoms with Crippen LogP contribution in [0, 0.1) is 0 Å². The Bertz CT molecular complexity index is 439. The normalized spacial score (nSPS) is 23.9. The van der Waals surface area contributed by atoms with Crippen LogP contribution < -0.4 is 5.32 Å². The summed E-state index contributed by atoms with van der Waals surface area (Å²) in [4.78, 5) is 14.1. The summed E-state index contributed by atoms with van der Waals surface area (Å²) >= 11 is 0. The van der Waals surface area contributed by atoms with Crippen molar-refractivity contribution in [3.63, 3.8) is 0 Å². The van der Waals surface area contributed by atoms with Crippen LogP contribution in [-0.2, 0) is 18.3 Å². The number of rotatable bonds is 5. The Morgan fingerprint density at radius 3 is 2.94 bits per heavy atom. The standard InChI is InChI=1S/C12H19N5O/c1-16-8-13-15-11(16)5-7-17-6-4-10(12(17)18)14-9-2-3-9/h8-10,14H,2-7H2,1H3. The zero-order valence-corrected chi connectivity index (χ0v) is 10.7. The maximum absolute atomic E-state index is 12.1. The Labute approximate surface area is 106 Å². The van der Waals surface area contributed by atoms with Crippen molar-refractivity contribution in [3.05, 3.63) is 12.2 Å². The molecule has 98 valence electrons. The van der Waals surface area contributed by atoms with Crippen LogP contribution in [0.2, 0.25) is 0 Å². The van der Waals surface area contributed by atoms with E-state index in [1.165, 1.54) is 12.8 Å². The number of aryl methyl sites for hydroxylation is 1. The van der Waals surface area contributed by atoms with Crippen molar-refractivity contribution in [2.24, 2.45) is 7.05 Å². The second kappa shape index (κ2) is 4.68. The number of carbonyl (C=O) groups excluding carboxylic acids is 1. The maximum atomic E-state index is 12.1. The lowest BCUT2D eigenvalue weighted by atomic mass is 10.2. The molecule has 1 N–H and O–H groups in total. The summed E-state index contributed by atoms with van der Waals surface area (Å²) in [7, 11) is 1.93. The highest BCUT2D eigenvalue weighted by Gasteiger charge is 2.35. The molecule has 1 aliphatic heterocycles. The molecule has 0 aromatic carbocycles. The number of hydrogen-bond donors (Lipinski definition) is 1. The van der Waals surface area contributed by atoms with E-state index in [1.807, 2.05) is 16.5 Å². The van der Waals surface area contributed by atoms with Gasteiger partial charge in [-0.05, 0) is 19.3 Å². The summed E-state index contributed by atoms with van der Waals surface area (Å²) in [6, 6.07) is 0.648. The average molecular weight is 249 g/mol. The fraction of sp³-hybridized carbons (Fsp3) is 0.750. The van der Waals surface area contributed by atoms with Gasteiger partial charge in [0.05, 0.1) is 6.04 Å². The molecule has 1 atom stereocenters. The van der Waals surface area contributed by atoms with E-state index >= 15 is 0 Å². The Morgan fingerprint density at radius 1 is 1.44 bits per heavy atom. The highest BCUT2D eigenvalue weighted by Crippen LogP contribution is 2.22. The van der Waals surface area contributed by atoms with Crippen LogP contribution in [0.4, 0.5) is 0 Å². The highest BCUT2D eigenvalue weighted by molar-refractivity contribution is 5.84. The number of nitrogens with zero attached hydrogens (tertiary/aromatic N) is 4. The van der Waals surface area contributed by atoms with Crippen LogP contribution in [0.1, 0.15) is 25.1 Å². The summed E-state index contributed by atoms with van der Waals surface area (Å²) in [5.41, 5.74) is 0. The zero-order chi connectivity index (χ0) is 12.5. The first-order valence-electron chi connectivity index (χ1n) is 6.62. The van der Waals surface area contributed by atoms with E-state index < -0.39 is 0 Å². The molecule has 0 radical (unpaired) electrons. The first-order valence-corrected chi connectivity index (χ1v) is 6.62. The molecule has 0 spiro atoms. The van der Waals surface area contributed by atoms with Crippen molar-refractivity contribution < 1.29 is 4.79 Å². The van der Waals surface area contributed by atoms with Gasteiger partial charge in [0.1, 0.15) is 12.2 Å². The molecule has 6 heteroatoms. The van der Waals surface area contributed by atoms with Gasteiger partial charge in [0.2, 0.25) is 5.91 Å². The minimum Gasteiger partial charge on any atom is -0.341 e. The van der Waals surface area contributed by atoms with E-state index in [4.69, 9.17) is 0 Å². The number of amides is 1. The summed E-state index contributed by atoms with van der Waals surface area (Å²) < 4.78 is 1.90. The predicted octanol–water partition coefficient (Wildman–Crippen LogP) is -0.289. The van der Waals surface area contributed by atoms with Gasteiger partial charge < -0.3 is 14.8 Å². The second-order valence-corrected chi connectivity index (χ2v) is 5.22. The van der Waals surface area contributed by atoms with Gasteiger partial charge >= 0.3 is 0 Å². The van der Waals surface area contributed by atoms with Crippen molar-refractivity contribution in [1.29, 1.82) is 0 Å². The smallest absolute Gasteiger partial charge is 0.239 e. The van der Waals surface area contributed by atoms with Crippen molar-refractivity contribution >= 4 is 5.91 Å². The Balaban J connectivity index is 1.51. The van der Waals surface area contributed by atoms with E-state index in [9.17, 15) is 4.79 Å². The zero-order valence-electron chi connectivity index (χ0n) is 10.7. The second-order valence-electron chi connectivity index (χ2n) is 5.22. The SMILES string of the molecule is Cn1cnnc1CCN1CCC(NC2CC2)C1=O. The van der Waals surface area contributed by atoms with Gasteiger partial charge in [0, 0.05) is 32.6 Å². The molecular weight excluding hydrogens is 230 g/mol. The lowest BCUT2D eigenvalue weighted by Gasteiger charge is -2.16. The molecule has 2 fully saturated rings. The van der Waals surface area contributed by atoms with E-state index in [0.717, 1.165) is 31.8 Å². The van der Waals surface area contributed by atoms with Crippen molar-refractivity contribution in [2.75, 3.05) is 13.1 Å². The number of nitrogens with one attached hydrogen (secondary N) is 1. The molecule has 1 aromatic rings. The molecule has 2 heterocycles. The number of hydrogen-bond acceptors (Lipinski definition) is 4. The minimum absolute atomic E-state index is 0.0528. The van der Waals surface area contributed by atoms with Gasteiger partial charge in [-0.1, -0.05) is 0 Å². The van der Waals surface area contributed by atoms with E-state index in [0.29, 0.717) is 6.04 Å². The Kier molecular flexibility index (Phi) is 3.03. The number of carbonyl (C=O) groups is 1. The van der Waals surface area contributed by atoms with Crippen molar-refractivity contribution in [3.8, 4) is 0 Å². The average Bonchev–Trinajstić information content (AvgIpc) is 2.99. The van der Waals surface area contributed by atoms with E-state index in [-0.39, 0.29) is 11.9 Å². The number of likely N-dealkylation sites (tertiary alicyclic amines) is 1.